The summed E-state index contributed by atoms with van der Waals surface area (Å²) in [6.07, 6.45) is -7.19. The predicted octanol–water partition coefficient (Wildman–Crippen LogP) is -2.01. The normalized spacial score (nSPS) is 42.7. The van der Waals surface area contributed by atoms with Crippen LogP contribution in [0.15, 0.2) is 30.5 Å². The summed E-state index contributed by atoms with van der Waals surface area (Å²) in [6.45, 7) is -1.07. The van der Waals surface area contributed by atoms with Crippen LogP contribution in [0.4, 0.5) is 0 Å². The number of aliphatic hydroxyl groups excluding tert-OH is 5. The number of hydrogen-bond donors (Lipinski definition) is 6. The second-order valence-corrected chi connectivity index (χ2v) is 9.18. The Balaban J connectivity index is 1.35. The van der Waals surface area contributed by atoms with Crippen molar-refractivity contribution < 1.29 is 63.9 Å². The number of phenolic OH excluding ortho intramolecular Hbond substituents is 1. The monoisotopic (exact) mass is 512 g/mol. The van der Waals surface area contributed by atoms with Crippen molar-refractivity contribution in [1.82, 2.24) is 0 Å². The number of fused-ring (bicyclic) bond motifs is 3. The van der Waals surface area contributed by atoms with E-state index >= 15 is 0 Å². The molecule has 0 bridgehead atoms. The third-order valence-corrected chi connectivity index (χ3v) is 7.26. The smallest absolute Gasteiger partial charge is 0.338 e. The van der Waals surface area contributed by atoms with E-state index in [1.54, 1.807) is 6.08 Å². The summed E-state index contributed by atoms with van der Waals surface area (Å²) in [5.74, 6) is -1.95. The van der Waals surface area contributed by atoms with Crippen LogP contribution < -0.4 is 4.74 Å². The first kappa shape index (κ1) is 25.2. The van der Waals surface area contributed by atoms with Gasteiger partial charge in [-0.3, -0.25) is 0 Å². The maximum absolute atomic E-state index is 12.9. The number of epoxide rings is 1. The highest BCUT2D eigenvalue weighted by Crippen LogP contribution is 2.60. The third kappa shape index (κ3) is 3.92. The van der Waals surface area contributed by atoms with E-state index in [4.69, 9.17) is 28.4 Å². The Morgan fingerprint density at radius 3 is 2.58 bits per heavy atom. The minimum atomic E-state index is -1.66. The molecule has 1 saturated carbocycles. The van der Waals surface area contributed by atoms with Gasteiger partial charge in [0.05, 0.1) is 38.1 Å². The fraction of sp³-hybridized carbons (Fsp3) is 0.609. The average Bonchev–Trinajstić information content (AvgIpc) is 3.56. The lowest BCUT2D eigenvalue weighted by molar-refractivity contribution is -0.344. The standard InChI is InChI=1S/C23H28O13/c1-31-12-6-9(2-3-11(12)26)20(30)34-18-10-4-5-32-21(14(10)23(8-25)19(18)36-23)35-22-17(29)16(28)15(27)13(7-24)33-22/h2-6,10,13-19,21-22,24-29H,7-8H2,1H3/t10?,13-,14?,15-,16+,17-,18+,19+,21+,22+,23-/m1/s1. The zero-order valence-electron chi connectivity index (χ0n) is 19.1. The number of ether oxygens (including phenoxy) is 6. The third-order valence-electron chi connectivity index (χ3n) is 7.26. The van der Waals surface area contributed by atoms with E-state index in [-0.39, 0.29) is 17.1 Å². The summed E-state index contributed by atoms with van der Waals surface area (Å²) in [5.41, 5.74) is -1.03. The van der Waals surface area contributed by atoms with Crippen LogP contribution in [-0.2, 0) is 23.7 Å². The number of carbonyl (C=O) groups is 1. The summed E-state index contributed by atoms with van der Waals surface area (Å²) in [7, 11) is 1.35. The van der Waals surface area contributed by atoms with Gasteiger partial charge >= 0.3 is 5.97 Å². The Bertz CT molecular complexity index is 1010. The molecule has 11 atom stereocenters. The molecule has 13 heteroatoms. The molecule has 1 aromatic carbocycles. The highest BCUT2D eigenvalue weighted by Gasteiger charge is 2.77. The molecule has 0 spiro atoms. The van der Waals surface area contributed by atoms with Crippen LogP contribution in [0.1, 0.15) is 10.4 Å². The van der Waals surface area contributed by atoms with Crippen molar-refractivity contribution in [3.8, 4) is 11.5 Å². The predicted molar refractivity (Wildman–Crippen MR) is 114 cm³/mol. The summed E-state index contributed by atoms with van der Waals surface area (Å²) in [5, 5.41) is 59.8. The number of esters is 1. The summed E-state index contributed by atoms with van der Waals surface area (Å²) in [4.78, 5) is 12.9. The molecule has 4 aliphatic rings. The van der Waals surface area contributed by atoms with Gasteiger partial charge < -0.3 is 59.1 Å². The number of rotatable bonds is 7. The van der Waals surface area contributed by atoms with Crippen molar-refractivity contribution in [2.75, 3.05) is 20.3 Å². The summed E-state index contributed by atoms with van der Waals surface area (Å²) in [6, 6.07) is 4.02. The minimum Gasteiger partial charge on any atom is -0.504 e. The van der Waals surface area contributed by atoms with Crippen LogP contribution >= 0.6 is 0 Å². The number of aliphatic hydroxyl groups is 5. The van der Waals surface area contributed by atoms with Crippen LogP contribution in [0, 0.1) is 11.8 Å². The second-order valence-electron chi connectivity index (χ2n) is 9.18. The van der Waals surface area contributed by atoms with Gasteiger partial charge in [-0.05, 0) is 24.3 Å². The fourth-order valence-electron chi connectivity index (χ4n) is 5.28. The minimum absolute atomic E-state index is 0.0973. The number of methoxy groups -OCH3 is 1. The van der Waals surface area contributed by atoms with Crippen LogP contribution in [0.5, 0.6) is 11.5 Å². The number of hydrogen-bond acceptors (Lipinski definition) is 13. The van der Waals surface area contributed by atoms with E-state index in [0.717, 1.165) is 0 Å². The van der Waals surface area contributed by atoms with Crippen molar-refractivity contribution in [1.29, 1.82) is 0 Å². The van der Waals surface area contributed by atoms with Gasteiger partial charge in [0.1, 0.15) is 42.2 Å². The van der Waals surface area contributed by atoms with E-state index < -0.39 is 85.8 Å². The van der Waals surface area contributed by atoms with Crippen molar-refractivity contribution in [3.63, 3.8) is 0 Å². The first-order valence-corrected chi connectivity index (χ1v) is 11.4. The molecule has 1 aliphatic carbocycles. The zero-order chi connectivity index (χ0) is 25.8. The SMILES string of the molecule is COc1cc(C(=O)O[C@H]2C3C=CO[C@@H](O[C@@H]4O[C@H](CO)[C@@H](O)[C@H](O)[C@H]4O)C3[C@@]3(CO)O[C@@H]23)ccc1O. The molecular formula is C23H28O13. The second kappa shape index (κ2) is 9.43. The molecular weight excluding hydrogens is 484 g/mol. The molecule has 36 heavy (non-hydrogen) atoms. The lowest BCUT2D eigenvalue weighted by Gasteiger charge is -2.43. The Kier molecular flexibility index (Phi) is 6.59. The molecule has 13 nitrogen and oxygen atoms in total. The van der Waals surface area contributed by atoms with Crippen LogP contribution in [0.2, 0.25) is 0 Å². The van der Waals surface area contributed by atoms with Gasteiger partial charge in [0.25, 0.3) is 0 Å². The Morgan fingerprint density at radius 2 is 1.89 bits per heavy atom. The molecule has 0 amide bonds. The highest BCUT2D eigenvalue weighted by atomic mass is 16.8. The molecule has 3 fully saturated rings. The number of carbonyl (C=O) groups excluding carboxylic acids is 1. The van der Waals surface area contributed by atoms with Crippen molar-refractivity contribution >= 4 is 5.97 Å². The number of phenols is 1. The molecule has 5 rings (SSSR count). The fourth-order valence-corrected chi connectivity index (χ4v) is 5.28. The summed E-state index contributed by atoms with van der Waals surface area (Å²) < 4.78 is 33.4. The van der Waals surface area contributed by atoms with Gasteiger partial charge in [-0.2, -0.15) is 0 Å². The quantitative estimate of drug-likeness (QED) is 0.173. The Labute approximate surface area is 205 Å². The first-order chi connectivity index (χ1) is 17.2. The largest absolute Gasteiger partial charge is 0.504 e. The molecule has 3 aliphatic heterocycles. The average molecular weight is 512 g/mol. The molecule has 2 unspecified atom stereocenters. The molecule has 2 saturated heterocycles. The van der Waals surface area contributed by atoms with E-state index in [9.17, 15) is 35.4 Å². The molecule has 1 aromatic rings. The van der Waals surface area contributed by atoms with Crippen LogP contribution in [0.25, 0.3) is 0 Å². The van der Waals surface area contributed by atoms with Crippen molar-refractivity contribution in [2.45, 2.75) is 54.8 Å². The lowest BCUT2D eigenvalue weighted by atomic mass is 9.85. The van der Waals surface area contributed by atoms with Gasteiger partial charge in [-0.1, -0.05) is 0 Å². The highest BCUT2D eigenvalue weighted by molar-refractivity contribution is 5.90. The number of aromatic hydroxyl groups is 1. The van der Waals surface area contributed by atoms with Crippen molar-refractivity contribution in [2.24, 2.45) is 11.8 Å². The van der Waals surface area contributed by atoms with E-state index in [0.29, 0.717) is 0 Å². The zero-order valence-corrected chi connectivity index (χ0v) is 19.1. The van der Waals surface area contributed by atoms with Gasteiger partial charge in [0, 0.05) is 5.92 Å². The topological polar surface area (TPSA) is 197 Å². The van der Waals surface area contributed by atoms with Gasteiger partial charge in [0.15, 0.2) is 17.8 Å². The van der Waals surface area contributed by atoms with Gasteiger partial charge in [0.2, 0.25) is 6.29 Å². The van der Waals surface area contributed by atoms with Crippen LogP contribution in [-0.4, -0.2) is 112 Å². The molecule has 3 heterocycles. The maximum atomic E-state index is 12.9. The summed E-state index contributed by atoms with van der Waals surface area (Å²) >= 11 is 0. The van der Waals surface area contributed by atoms with Gasteiger partial charge in [-0.15, -0.1) is 0 Å². The number of benzene rings is 1. The molecule has 0 radical (unpaired) electrons. The maximum Gasteiger partial charge on any atom is 0.338 e. The van der Waals surface area contributed by atoms with E-state index in [1.165, 1.54) is 31.6 Å². The van der Waals surface area contributed by atoms with Gasteiger partial charge in [-0.25, -0.2) is 4.79 Å². The van der Waals surface area contributed by atoms with Crippen molar-refractivity contribution in [3.05, 3.63) is 36.1 Å². The lowest BCUT2D eigenvalue weighted by Crippen LogP contribution is -2.60. The molecule has 6 N–H and O–H groups in total. The Morgan fingerprint density at radius 1 is 1.11 bits per heavy atom. The van der Waals surface area contributed by atoms with Crippen LogP contribution in [0.3, 0.4) is 0 Å². The molecule has 0 aromatic heterocycles. The first-order valence-electron chi connectivity index (χ1n) is 11.4. The van der Waals surface area contributed by atoms with E-state index in [1.807, 2.05) is 0 Å². The molecule has 198 valence electrons. The Hall–Kier alpha value is -2.49. The van der Waals surface area contributed by atoms with E-state index in [2.05, 4.69) is 0 Å².